The lowest BCUT2D eigenvalue weighted by atomic mass is 10.2. The van der Waals surface area contributed by atoms with Gasteiger partial charge in [0.2, 0.25) is 0 Å². The Hall–Kier alpha value is -0.730. The maximum absolute atomic E-state index is 11.7. The molecule has 1 saturated carbocycles. The molecule has 3 nitrogen and oxygen atoms in total. The summed E-state index contributed by atoms with van der Waals surface area (Å²) in [4.78, 5) is 13.6. The molecule has 1 saturated heterocycles. The van der Waals surface area contributed by atoms with Crippen molar-refractivity contribution < 1.29 is 9.53 Å². The van der Waals surface area contributed by atoms with Gasteiger partial charge in [-0.3, -0.25) is 0 Å². The number of piperidine rings is 1. The molecule has 1 unspecified atom stereocenters. The van der Waals surface area contributed by atoms with Crippen LogP contribution in [0, 0.1) is 17.8 Å². The molecule has 0 bridgehead atoms. The normalized spacial score (nSPS) is 33.9. The minimum Gasteiger partial charge on any atom is -0.444 e. The number of hydrogen-bond donors (Lipinski definition) is 0. The number of nitrogens with zero attached hydrogens (tertiary/aromatic N) is 1. The molecule has 0 aromatic carbocycles. The topological polar surface area (TPSA) is 29.5 Å². The second-order valence-electron chi connectivity index (χ2n) is 5.79. The van der Waals surface area contributed by atoms with E-state index in [9.17, 15) is 4.79 Å². The van der Waals surface area contributed by atoms with Gasteiger partial charge in [0.1, 0.15) is 5.60 Å². The third-order valence-corrected chi connectivity index (χ3v) is 3.49. The Morgan fingerprint density at radius 1 is 1.33 bits per heavy atom. The quantitative estimate of drug-likeness (QED) is 0.667. The Labute approximate surface area is 91.8 Å². The summed E-state index contributed by atoms with van der Waals surface area (Å²) < 4.78 is 5.35. The van der Waals surface area contributed by atoms with Gasteiger partial charge in [0.15, 0.2) is 0 Å². The highest BCUT2D eigenvalue weighted by Crippen LogP contribution is 2.53. The third kappa shape index (κ3) is 2.11. The Morgan fingerprint density at radius 2 is 1.87 bits per heavy atom. The summed E-state index contributed by atoms with van der Waals surface area (Å²) in [6, 6.07) is 0. The molecule has 1 heterocycles. The van der Waals surface area contributed by atoms with E-state index in [1.165, 1.54) is 6.42 Å². The van der Waals surface area contributed by atoms with Gasteiger partial charge >= 0.3 is 6.09 Å². The Bertz CT molecular complexity index is 257. The zero-order valence-corrected chi connectivity index (χ0v) is 10.1. The van der Waals surface area contributed by atoms with Crippen LogP contribution >= 0.6 is 0 Å². The predicted molar refractivity (Wildman–Crippen MR) is 58.6 cm³/mol. The van der Waals surface area contributed by atoms with E-state index in [0.717, 1.165) is 30.8 Å². The SMILES string of the molecule is CCC1[C@H]2CN(C(=O)OC(C)(C)C)C[C@@H]12. The van der Waals surface area contributed by atoms with Crippen molar-refractivity contribution in [3.8, 4) is 0 Å². The number of amides is 1. The molecule has 2 fully saturated rings. The largest absolute Gasteiger partial charge is 0.444 e. The van der Waals surface area contributed by atoms with Crippen molar-refractivity contribution >= 4 is 6.09 Å². The molecular formula is C12H21NO2. The Morgan fingerprint density at radius 3 is 2.27 bits per heavy atom. The van der Waals surface area contributed by atoms with Crippen LogP contribution in [-0.4, -0.2) is 29.7 Å². The summed E-state index contributed by atoms with van der Waals surface area (Å²) in [5.74, 6) is 2.41. The van der Waals surface area contributed by atoms with Crippen LogP contribution in [0.2, 0.25) is 0 Å². The van der Waals surface area contributed by atoms with Gasteiger partial charge in [-0.15, -0.1) is 0 Å². The molecule has 3 heteroatoms. The van der Waals surface area contributed by atoms with Crippen molar-refractivity contribution in [1.29, 1.82) is 0 Å². The first kappa shape index (κ1) is 10.8. The summed E-state index contributed by atoms with van der Waals surface area (Å²) in [5.41, 5.74) is -0.367. The van der Waals surface area contributed by atoms with Gasteiger partial charge in [-0.1, -0.05) is 13.3 Å². The van der Waals surface area contributed by atoms with Crippen LogP contribution in [0.5, 0.6) is 0 Å². The van der Waals surface area contributed by atoms with Crippen LogP contribution in [0.1, 0.15) is 34.1 Å². The van der Waals surface area contributed by atoms with Crippen molar-refractivity contribution in [2.24, 2.45) is 17.8 Å². The lowest BCUT2D eigenvalue weighted by Crippen LogP contribution is -2.37. The summed E-state index contributed by atoms with van der Waals surface area (Å²) in [7, 11) is 0. The predicted octanol–water partition coefficient (Wildman–Crippen LogP) is 2.51. The summed E-state index contributed by atoms with van der Waals surface area (Å²) in [6.07, 6.45) is 1.13. The second-order valence-corrected chi connectivity index (χ2v) is 5.79. The fraction of sp³-hybridized carbons (Fsp3) is 0.917. The molecule has 1 aliphatic carbocycles. The molecule has 3 atom stereocenters. The first-order chi connectivity index (χ1) is 6.92. The maximum Gasteiger partial charge on any atom is 0.410 e. The number of carbonyl (C=O) groups excluding carboxylic acids is 1. The van der Waals surface area contributed by atoms with Gasteiger partial charge in [0, 0.05) is 13.1 Å². The Kier molecular flexibility index (Phi) is 2.44. The van der Waals surface area contributed by atoms with Gasteiger partial charge in [0.05, 0.1) is 0 Å². The monoisotopic (exact) mass is 211 g/mol. The molecule has 2 aliphatic rings. The average Bonchev–Trinajstić information content (AvgIpc) is 2.54. The molecule has 0 aromatic rings. The number of carbonyl (C=O) groups is 1. The van der Waals surface area contributed by atoms with E-state index in [1.807, 2.05) is 25.7 Å². The van der Waals surface area contributed by atoms with E-state index in [-0.39, 0.29) is 11.7 Å². The van der Waals surface area contributed by atoms with Crippen molar-refractivity contribution in [1.82, 2.24) is 4.90 Å². The smallest absolute Gasteiger partial charge is 0.410 e. The van der Waals surface area contributed by atoms with E-state index in [1.54, 1.807) is 0 Å². The van der Waals surface area contributed by atoms with E-state index in [0.29, 0.717) is 0 Å². The zero-order chi connectivity index (χ0) is 11.2. The van der Waals surface area contributed by atoms with Gasteiger partial charge < -0.3 is 9.64 Å². The highest BCUT2D eigenvalue weighted by molar-refractivity contribution is 5.68. The van der Waals surface area contributed by atoms with Gasteiger partial charge in [-0.25, -0.2) is 4.79 Å². The van der Waals surface area contributed by atoms with Crippen LogP contribution in [0.25, 0.3) is 0 Å². The molecule has 2 rings (SSSR count). The molecule has 0 N–H and O–H groups in total. The summed E-state index contributed by atoms with van der Waals surface area (Å²) >= 11 is 0. The number of fused-ring (bicyclic) bond motifs is 1. The third-order valence-electron chi connectivity index (χ3n) is 3.49. The minimum atomic E-state index is -0.367. The molecule has 1 amide bonds. The lowest BCUT2D eigenvalue weighted by Gasteiger charge is -2.25. The van der Waals surface area contributed by atoms with E-state index >= 15 is 0 Å². The standard InChI is InChI=1S/C12H21NO2/c1-5-8-9-6-13(7-10(8)9)11(14)15-12(2,3)4/h8-10H,5-7H2,1-4H3/t8?,9-,10+. The highest BCUT2D eigenvalue weighted by atomic mass is 16.6. The summed E-state index contributed by atoms with van der Waals surface area (Å²) in [6.45, 7) is 9.81. The van der Waals surface area contributed by atoms with E-state index < -0.39 is 0 Å². The van der Waals surface area contributed by atoms with Crippen LogP contribution in [0.15, 0.2) is 0 Å². The molecular weight excluding hydrogens is 190 g/mol. The Balaban J connectivity index is 1.82. The number of rotatable bonds is 1. The first-order valence-electron chi connectivity index (χ1n) is 5.90. The van der Waals surface area contributed by atoms with Crippen molar-refractivity contribution in [3.63, 3.8) is 0 Å². The fourth-order valence-corrected chi connectivity index (χ4v) is 2.73. The molecule has 15 heavy (non-hydrogen) atoms. The number of hydrogen-bond acceptors (Lipinski definition) is 2. The van der Waals surface area contributed by atoms with Crippen LogP contribution in [0.4, 0.5) is 4.79 Å². The van der Waals surface area contributed by atoms with Crippen molar-refractivity contribution in [2.75, 3.05) is 13.1 Å². The first-order valence-corrected chi connectivity index (χ1v) is 5.90. The van der Waals surface area contributed by atoms with Crippen molar-refractivity contribution in [2.45, 2.75) is 39.7 Å². The van der Waals surface area contributed by atoms with Gasteiger partial charge in [-0.2, -0.15) is 0 Å². The lowest BCUT2D eigenvalue weighted by molar-refractivity contribution is 0.0265. The van der Waals surface area contributed by atoms with Gasteiger partial charge in [0.25, 0.3) is 0 Å². The average molecular weight is 211 g/mol. The molecule has 86 valence electrons. The maximum atomic E-state index is 11.7. The molecule has 0 radical (unpaired) electrons. The van der Waals surface area contributed by atoms with E-state index in [2.05, 4.69) is 6.92 Å². The molecule has 1 aliphatic heterocycles. The van der Waals surface area contributed by atoms with Gasteiger partial charge in [-0.05, 0) is 38.5 Å². The zero-order valence-electron chi connectivity index (χ0n) is 10.1. The number of likely N-dealkylation sites (tertiary alicyclic amines) is 1. The summed E-state index contributed by atoms with van der Waals surface area (Å²) in [5, 5.41) is 0. The molecule has 0 aromatic heterocycles. The highest BCUT2D eigenvalue weighted by Gasteiger charge is 2.55. The minimum absolute atomic E-state index is 0.135. The van der Waals surface area contributed by atoms with Crippen LogP contribution in [0.3, 0.4) is 0 Å². The van der Waals surface area contributed by atoms with Crippen LogP contribution in [-0.2, 0) is 4.74 Å². The van der Waals surface area contributed by atoms with Crippen molar-refractivity contribution in [3.05, 3.63) is 0 Å². The fourth-order valence-electron chi connectivity index (χ4n) is 2.73. The second kappa shape index (κ2) is 3.39. The van der Waals surface area contributed by atoms with E-state index in [4.69, 9.17) is 4.74 Å². The number of ether oxygens (including phenoxy) is 1. The molecule has 0 spiro atoms. The van der Waals surface area contributed by atoms with Crippen LogP contribution < -0.4 is 0 Å².